The molecule has 0 atom stereocenters. The van der Waals surface area contributed by atoms with Gasteiger partial charge >= 0.3 is 0 Å². The van der Waals surface area contributed by atoms with Gasteiger partial charge in [0.15, 0.2) is 0 Å². The molecule has 0 aliphatic carbocycles. The average Bonchev–Trinajstić information content (AvgIpc) is 3.01. The van der Waals surface area contributed by atoms with E-state index in [1.54, 1.807) is 10.3 Å². The molecule has 0 radical (unpaired) electrons. The molecule has 1 aliphatic heterocycles. The summed E-state index contributed by atoms with van der Waals surface area (Å²) in [6.07, 6.45) is 0. The van der Waals surface area contributed by atoms with Gasteiger partial charge in [-0.1, -0.05) is 6.07 Å². The highest BCUT2D eigenvalue weighted by atomic mass is 32.2. The van der Waals surface area contributed by atoms with Gasteiger partial charge in [0.05, 0.1) is 9.90 Å². The monoisotopic (exact) mass is 369 g/mol. The molecule has 0 unspecified atom stereocenters. The number of hydrogen-bond acceptors (Lipinski definition) is 5. The lowest BCUT2D eigenvalue weighted by atomic mass is 10.3. The molecule has 0 spiro atoms. The molecule has 0 N–H and O–H groups in total. The number of benzene rings is 1. The number of aromatic nitrogens is 1. The third-order valence-electron chi connectivity index (χ3n) is 3.80. The van der Waals surface area contributed by atoms with E-state index in [1.165, 1.54) is 33.8 Å². The molecule has 1 saturated heterocycles. The van der Waals surface area contributed by atoms with E-state index in [2.05, 4.69) is 4.98 Å². The van der Waals surface area contributed by atoms with Crippen LogP contribution in [-0.4, -0.2) is 54.7 Å². The molecule has 0 bridgehead atoms. The number of rotatable bonds is 3. The van der Waals surface area contributed by atoms with Crippen LogP contribution in [0.3, 0.4) is 0 Å². The number of piperazine rings is 1. The van der Waals surface area contributed by atoms with Crippen LogP contribution in [0.2, 0.25) is 0 Å². The molecule has 1 fully saturated rings. The van der Waals surface area contributed by atoms with Crippen LogP contribution >= 0.6 is 11.3 Å². The first kappa shape index (κ1) is 17.0. The zero-order valence-corrected chi connectivity index (χ0v) is 14.6. The Morgan fingerprint density at radius 3 is 2.54 bits per heavy atom. The van der Waals surface area contributed by atoms with Crippen molar-refractivity contribution < 1.29 is 17.6 Å². The van der Waals surface area contributed by atoms with Crippen LogP contribution in [0.1, 0.15) is 15.5 Å². The van der Waals surface area contributed by atoms with Crippen LogP contribution in [0.15, 0.2) is 34.5 Å². The summed E-state index contributed by atoms with van der Waals surface area (Å²) in [4.78, 5) is 18.0. The topological polar surface area (TPSA) is 70.6 Å². The van der Waals surface area contributed by atoms with Gasteiger partial charge in [-0.2, -0.15) is 4.31 Å². The second kappa shape index (κ2) is 6.58. The molecular formula is C15H16FN3O3S2. The second-order valence-electron chi connectivity index (χ2n) is 5.41. The number of nitrogens with zero attached hydrogens (tertiary/aromatic N) is 3. The highest BCUT2D eigenvalue weighted by Crippen LogP contribution is 2.19. The number of aryl methyl sites for hydroxylation is 1. The summed E-state index contributed by atoms with van der Waals surface area (Å²) in [5.74, 6) is -0.786. The molecule has 0 saturated carbocycles. The molecule has 128 valence electrons. The highest BCUT2D eigenvalue weighted by molar-refractivity contribution is 7.89. The minimum atomic E-state index is -3.75. The lowest BCUT2D eigenvalue weighted by Crippen LogP contribution is -2.50. The van der Waals surface area contributed by atoms with Gasteiger partial charge < -0.3 is 4.90 Å². The van der Waals surface area contributed by atoms with E-state index in [0.717, 1.165) is 11.1 Å². The largest absolute Gasteiger partial charge is 0.335 e. The summed E-state index contributed by atoms with van der Waals surface area (Å²) in [7, 11) is -3.75. The van der Waals surface area contributed by atoms with Crippen molar-refractivity contribution in [3.63, 3.8) is 0 Å². The van der Waals surface area contributed by atoms with E-state index < -0.39 is 15.8 Å². The van der Waals surface area contributed by atoms with Gasteiger partial charge in [0, 0.05) is 31.6 Å². The zero-order valence-electron chi connectivity index (χ0n) is 13.0. The molecule has 1 aromatic heterocycles. The summed E-state index contributed by atoms with van der Waals surface area (Å²) < 4.78 is 39.6. The van der Waals surface area contributed by atoms with Crippen LogP contribution in [-0.2, 0) is 10.0 Å². The Morgan fingerprint density at radius 1 is 1.25 bits per heavy atom. The van der Waals surface area contributed by atoms with Crippen molar-refractivity contribution in [2.75, 3.05) is 26.2 Å². The maximum atomic E-state index is 13.3. The maximum absolute atomic E-state index is 13.3. The van der Waals surface area contributed by atoms with Crippen LogP contribution < -0.4 is 0 Å². The number of sulfonamides is 1. The van der Waals surface area contributed by atoms with Gasteiger partial charge in [-0.05, 0) is 25.1 Å². The number of hydrogen-bond donors (Lipinski definition) is 0. The molecule has 1 aromatic carbocycles. The van der Waals surface area contributed by atoms with Gasteiger partial charge in [-0.25, -0.2) is 17.8 Å². The Hall–Kier alpha value is -1.84. The Bertz CT molecular complexity index is 858. The number of carbonyl (C=O) groups excluding carboxylic acids is 1. The Balaban J connectivity index is 1.69. The van der Waals surface area contributed by atoms with Crippen LogP contribution in [0, 0.1) is 12.7 Å². The van der Waals surface area contributed by atoms with Crippen molar-refractivity contribution >= 4 is 27.3 Å². The van der Waals surface area contributed by atoms with Crippen molar-refractivity contribution in [2.45, 2.75) is 11.8 Å². The van der Waals surface area contributed by atoms with Gasteiger partial charge in [0.25, 0.3) is 5.91 Å². The SMILES string of the molecule is Cc1nc(C(=O)N2CCN(S(=O)(=O)c3cccc(F)c3)CC2)cs1. The van der Waals surface area contributed by atoms with Crippen molar-refractivity contribution in [3.05, 3.63) is 46.2 Å². The summed E-state index contributed by atoms with van der Waals surface area (Å²) in [5.41, 5.74) is 0.388. The maximum Gasteiger partial charge on any atom is 0.273 e. The van der Waals surface area contributed by atoms with Gasteiger partial charge in [-0.3, -0.25) is 4.79 Å². The minimum absolute atomic E-state index is 0.0718. The first-order valence-corrected chi connectivity index (χ1v) is 9.67. The highest BCUT2D eigenvalue weighted by Gasteiger charge is 2.31. The predicted molar refractivity (Wildman–Crippen MR) is 87.9 cm³/mol. The number of thiazole rings is 1. The number of carbonyl (C=O) groups is 1. The third-order valence-corrected chi connectivity index (χ3v) is 6.47. The predicted octanol–water partition coefficient (Wildman–Crippen LogP) is 1.74. The van der Waals surface area contributed by atoms with Gasteiger partial charge in [-0.15, -0.1) is 11.3 Å². The fourth-order valence-corrected chi connectivity index (χ4v) is 4.57. The lowest BCUT2D eigenvalue weighted by molar-refractivity contribution is 0.0692. The number of amides is 1. The van der Waals surface area contributed by atoms with Crippen molar-refractivity contribution in [3.8, 4) is 0 Å². The molecule has 3 rings (SSSR count). The Kier molecular flexibility index (Phi) is 4.66. The Labute approximate surface area is 143 Å². The minimum Gasteiger partial charge on any atom is -0.335 e. The molecule has 6 nitrogen and oxygen atoms in total. The van der Waals surface area contributed by atoms with E-state index in [1.807, 2.05) is 6.92 Å². The summed E-state index contributed by atoms with van der Waals surface area (Å²) in [6, 6.07) is 4.94. The van der Waals surface area contributed by atoms with E-state index in [0.29, 0.717) is 5.69 Å². The van der Waals surface area contributed by atoms with Crippen LogP contribution in [0.5, 0.6) is 0 Å². The smallest absolute Gasteiger partial charge is 0.273 e. The van der Waals surface area contributed by atoms with Crippen molar-refractivity contribution in [1.82, 2.24) is 14.2 Å². The quantitative estimate of drug-likeness (QED) is 0.826. The fraction of sp³-hybridized carbons (Fsp3) is 0.333. The first-order valence-electron chi connectivity index (χ1n) is 7.35. The molecule has 2 heterocycles. The molecule has 2 aromatic rings. The normalized spacial score (nSPS) is 16.3. The van der Waals surface area contributed by atoms with E-state index >= 15 is 0 Å². The first-order chi connectivity index (χ1) is 11.4. The average molecular weight is 369 g/mol. The van der Waals surface area contributed by atoms with Crippen LogP contribution in [0.4, 0.5) is 4.39 Å². The third kappa shape index (κ3) is 3.33. The number of halogens is 1. The lowest BCUT2D eigenvalue weighted by Gasteiger charge is -2.33. The standard InChI is InChI=1S/C15H16FN3O3S2/c1-11-17-14(10-23-11)15(20)18-5-7-19(8-6-18)24(21,22)13-4-2-3-12(16)9-13/h2-4,9-10H,5-8H2,1H3. The van der Waals surface area contributed by atoms with E-state index in [4.69, 9.17) is 0 Å². The Morgan fingerprint density at radius 2 is 1.96 bits per heavy atom. The van der Waals surface area contributed by atoms with E-state index in [9.17, 15) is 17.6 Å². The molecule has 1 aliphatic rings. The summed E-state index contributed by atoms with van der Waals surface area (Å²) in [6.45, 7) is 2.74. The van der Waals surface area contributed by atoms with Crippen molar-refractivity contribution in [1.29, 1.82) is 0 Å². The fourth-order valence-electron chi connectivity index (χ4n) is 2.53. The molecule has 1 amide bonds. The van der Waals surface area contributed by atoms with Gasteiger partial charge in [0.2, 0.25) is 10.0 Å². The second-order valence-corrected chi connectivity index (χ2v) is 8.41. The van der Waals surface area contributed by atoms with Crippen LogP contribution in [0.25, 0.3) is 0 Å². The molecule has 9 heteroatoms. The molecule has 24 heavy (non-hydrogen) atoms. The van der Waals surface area contributed by atoms with Crippen molar-refractivity contribution in [2.24, 2.45) is 0 Å². The molecular weight excluding hydrogens is 353 g/mol. The summed E-state index contributed by atoms with van der Waals surface area (Å²) >= 11 is 1.40. The summed E-state index contributed by atoms with van der Waals surface area (Å²) in [5, 5.41) is 2.51. The van der Waals surface area contributed by atoms with Gasteiger partial charge in [0.1, 0.15) is 11.5 Å². The van der Waals surface area contributed by atoms with E-state index in [-0.39, 0.29) is 37.0 Å². The zero-order chi connectivity index (χ0) is 17.3.